The molecule has 1 saturated carbocycles. The van der Waals surface area contributed by atoms with Crippen LogP contribution in [0.4, 0.5) is 0 Å². The number of aliphatic hydroxyl groups is 1. The van der Waals surface area contributed by atoms with E-state index >= 15 is 0 Å². The predicted molar refractivity (Wildman–Crippen MR) is 46.9 cm³/mol. The van der Waals surface area contributed by atoms with Gasteiger partial charge in [0, 0.05) is 12.5 Å². The third kappa shape index (κ3) is 1.27. The van der Waals surface area contributed by atoms with E-state index in [1.54, 1.807) is 0 Å². The van der Waals surface area contributed by atoms with Gasteiger partial charge < -0.3 is 9.84 Å². The topological polar surface area (TPSA) is 29.5 Å². The van der Waals surface area contributed by atoms with Gasteiger partial charge in [-0.3, -0.25) is 0 Å². The summed E-state index contributed by atoms with van der Waals surface area (Å²) in [6.07, 6.45) is 2.95. The third-order valence-corrected chi connectivity index (χ3v) is 3.26. The first-order valence-electron chi connectivity index (χ1n) is 4.82. The lowest BCUT2D eigenvalue weighted by molar-refractivity contribution is -0.150. The molecule has 0 aromatic heterocycles. The SMILES string of the molecule is CC1(C)CC(O)(C2CCOC2)C1. The van der Waals surface area contributed by atoms with Crippen molar-refractivity contribution in [3.05, 3.63) is 0 Å². The van der Waals surface area contributed by atoms with Crippen LogP contribution in [0, 0.1) is 11.3 Å². The van der Waals surface area contributed by atoms with Crippen molar-refractivity contribution in [2.45, 2.75) is 38.7 Å². The average Bonchev–Trinajstić information content (AvgIpc) is 2.31. The third-order valence-electron chi connectivity index (χ3n) is 3.26. The Kier molecular flexibility index (Phi) is 1.74. The maximum Gasteiger partial charge on any atom is 0.0708 e. The molecular formula is C10H18O2. The van der Waals surface area contributed by atoms with E-state index in [0.29, 0.717) is 11.3 Å². The Labute approximate surface area is 73.9 Å². The summed E-state index contributed by atoms with van der Waals surface area (Å²) in [5.41, 5.74) is -0.0304. The maximum absolute atomic E-state index is 10.2. The van der Waals surface area contributed by atoms with Crippen molar-refractivity contribution in [3.8, 4) is 0 Å². The quantitative estimate of drug-likeness (QED) is 0.647. The molecule has 0 aromatic rings. The van der Waals surface area contributed by atoms with Crippen molar-refractivity contribution >= 4 is 0 Å². The van der Waals surface area contributed by atoms with Crippen LogP contribution in [0.3, 0.4) is 0 Å². The average molecular weight is 170 g/mol. The second-order valence-corrected chi connectivity index (χ2v) is 5.18. The molecule has 2 fully saturated rings. The van der Waals surface area contributed by atoms with E-state index < -0.39 is 0 Å². The van der Waals surface area contributed by atoms with Gasteiger partial charge in [0.05, 0.1) is 12.2 Å². The minimum Gasteiger partial charge on any atom is -0.389 e. The summed E-state index contributed by atoms with van der Waals surface area (Å²) in [5, 5.41) is 10.2. The first-order valence-corrected chi connectivity index (χ1v) is 4.82. The summed E-state index contributed by atoms with van der Waals surface area (Å²) in [5.74, 6) is 0.408. The number of hydrogen-bond donors (Lipinski definition) is 1. The molecular weight excluding hydrogens is 152 g/mol. The van der Waals surface area contributed by atoms with E-state index in [1.165, 1.54) is 0 Å². The van der Waals surface area contributed by atoms with E-state index in [0.717, 1.165) is 32.5 Å². The predicted octanol–water partition coefficient (Wildman–Crippen LogP) is 1.57. The monoisotopic (exact) mass is 170 g/mol. The van der Waals surface area contributed by atoms with Gasteiger partial charge in [0.15, 0.2) is 0 Å². The molecule has 1 aliphatic carbocycles. The molecule has 0 radical (unpaired) electrons. The van der Waals surface area contributed by atoms with Crippen molar-refractivity contribution in [1.82, 2.24) is 0 Å². The summed E-state index contributed by atoms with van der Waals surface area (Å²) < 4.78 is 5.29. The molecule has 12 heavy (non-hydrogen) atoms. The highest BCUT2D eigenvalue weighted by Crippen LogP contribution is 2.52. The normalized spacial score (nSPS) is 37.8. The molecule has 1 N–H and O–H groups in total. The molecule has 0 aromatic carbocycles. The van der Waals surface area contributed by atoms with Crippen LogP contribution in [0.25, 0.3) is 0 Å². The fourth-order valence-electron chi connectivity index (χ4n) is 2.85. The molecule has 1 heterocycles. The molecule has 2 nitrogen and oxygen atoms in total. The highest BCUT2D eigenvalue weighted by atomic mass is 16.5. The fourth-order valence-corrected chi connectivity index (χ4v) is 2.85. The number of hydrogen-bond acceptors (Lipinski definition) is 2. The molecule has 0 spiro atoms. The molecule has 0 bridgehead atoms. The molecule has 1 unspecified atom stereocenters. The molecule has 1 saturated heterocycles. The lowest BCUT2D eigenvalue weighted by Gasteiger charge is -2.52. The van der Waals surface area contributed by atoms with E-state index in [-0.39, 0.29) is 5.60 Å². The van der Waals surface area contributed by atoms with Crippen LogP contribution in [0.15, 0.2) is 0 Å². The van der Waals surface area contributed by atoms with Gasteiger partial charge in [0.2, 0.25) is 0 Å². The zero-order valence-electron chi connectivity index (χ0n) is 7.97. The van der Waals surface area contributed by atoms with Gasteiger partial charge in [0.1, 0.15) is 0 Å². The molecule has 0 amide bonds. The van der Waals surface area contributed by atoms with Crippen LogP contribution < -0.4 is 0 Å². The Morgan fingerprint density at radius 1 is 1.33 bits per heavy atom. The fraction of sp³-hybridized carbons (Fsp3) is 1.00. The van der Waals surface area contributed by atoms with Gasteiger partial charge in [-0.15, -0.1) is 0 Å². The largest absolute Gasteiger partial charge is 0.389 e. The van der Waals surface area contributed by atoms with Crippen molar-refractivity contribution in [1.29, 1.82) is 0 Å². The van der Waals surface area contributed by atoms with E-state index in [2.05, 4.69) is 13.8 Å². The van der Waals surface area contributed by atoms with E-state index in [9.17, 15) is 5.11 Å². The Bertz CT molecular complexity index is 172. The van der Waals surface area contributed by atoms with Crippen LogP contribution in [-0.4, -0.2) is 23.9 Å². The summed E-state index contributed by atoms with van der Waals surface area (Å²) in [6, 6.07) is 0. The second-order valence-electron chi connectivity index (χ2n) is 5.18. The van der Waals surface area contributed by atoms with Crippen molar-refractivity contribution in [3.63, 3.8) is 0 Å². The lowest BCUT2D eigenvalue weighted by Crippen LogP contribution is -2.54. The van der Waals surface area contributed by atoms with Crippen molar-refractivity contribution in [2.75, 3.05) is 13.2 Å². The Hall–Kier alpha value is -0.0800. The number of rotatable bonds is 1. The molecule has 1 aliphatic heterocycles. The van der Waals surface area contributed by atoms with E-state index in [4.69, 9.17) is 4.74 Å². The Balaban J connectivity index is 1.96. The van der Waals surface area contributed by atoms with Crippen LogP contribution in [0.5, 0.6) is 0 Å². The summed E-state index contributed by atoms with van der Waals surface area (Å²) >= 11 is 0. The Morgan fingerprint density at radius 2 is 2.00 bits per heavy atom. The van der Waals surface area contributed by atoms with Crippen molar-refractivity contribution in [2.24, 2.45) is 11.3 Å². The summed E-state index contributed by atoms with van der Waals surface area (Å²) in [6.45, 7) is 6.05. The van der Waals surface area contributed by atoms with Crippen molar-refractivity contribution < 1.29 is 9.84 Å². The van der Waals surface area contributed by atoms with Crippen LogP contribution in [-0.2, 0) is 4.74 Å². The molecule has 2 heteroatoms. The zero-order chi connectivity index (χ0) is 8.82. The first kappa shape index (κ1) is 8.52. The van der Waals surface area contributed by atoms with Gasteiger partial charge >= 0.3 is 0 Å². The summed E-state index contributed by atoms with van der Waals surface area (Å²) in [4.78, 5) is 0. The molecule has 1 atom stereocenters. The van der Waals surface area contributed by atoms with Crippen LogP contribution in [0.1, 0.15) is 33.1 Å². The highest BCUT2D eigenvalue weighted by Gasteiger charge is 2.53. The Morgan fingerprint density at radius 3 is 2.42 bits per heavy atom. The van der Waals surface area contributed by atoms with Gasteiger partial charge in [-0.25, -0.2) is 0 Å². The standard InChI is InChI=1S/C10H18O2/c1-9(2)6-10(11,7-9)8-3-4-12-5-8/h8,11H,3-7H2,1-2H3. The minimum atomic E-state index is -0.389. The second kappa shape index (κ2) is 2.46. The van der Waals surface area contributed by atoms with Gasteiger partial charge in [-0.2, -0.15) is 0 Å². The number of ether oxygens (including phenoxy) is 1. The maximum atomic E-state index is 10.2. The van der Waals surface area contributed by atoms with Gasteiger partial charge in [-0.05, 0) is 24.7 Å². The summed E-state index contributed by atoms with van der Waals surface area (Å²) in [7, 11) is 0. The zero-order valence-corrected chi connectivity index (χ0v) is 7.97. The molecule has 2 aliphatic rings. The van der Waals surface area contributed by atoms with Gasteiger partial charge in [-0.1, -0.05) is 13.8 Å². The smallest absolute Gasteiger partial charge is 0.0708 e. The van der Waals surface area contributed by atoms with E-state index in [1.807, 2.05) is 0 Å². The van der Waals surface area contributed by atoms with Crippen LogP contribution >= 0.6 is 0 Å². The first-order chi connectivity index (χ1) is 5.52. The molecule has 2 rings (SSSR count). The molecule has 70 valence electrons. The lowest BCUT2D eigenvalue weighted by atomic mass is 9.57. The highest BCUT2D eigenvalue weighted by molar-refractivity contribution is 5.04. The minimum absolute atomic E-state index is 0.358. The van der Waals surface area contributed by atoms with Crippen LogP contribution in [0.2, 0.25) is 0 Å². The van der Waals surface area contributed by atoms with Gasteiger partial charge in [0.25, 0.3) is 0 Å².